The van der Waals surface area contributed by atoms with Crippen molar-refractivity contribution in [2.75, 3.05) is 13.2 Å². The largest absolute Gasteiger partial charge is 0.480 e. The average molecular weight is 632 g/mol. The van der Waals surface area contributed by atoms with Gasteiger partial charge in [0.15, 0.2) is 12.4 Å². The van der Waals surface area contributed by atoms with E-state index >= 15 is 0 Å². The van der Waals surface area contributed by atoms with E-state index in [2.05, 4.69) is 52.1 Å². The third kappa shape index (κ3) is 5.16. The van der Waals surface area contributed by atoms with Crippen LogP contribution in [0, 0.1) is 7.14 Å². The maximum atomic E-state index is 13.5. The van der Waals surface area contributed by atoms with Crippen molar-refractivity contribution in [2.45, 2.75) is 33.1 Å². The number of ether oxygens (including phenoxy) is 2. The Hall–Kier alpha value is -1.62. The third-order valence-corrected chi connectivity index (χ3v) is 6.16. The summed E-state index contributed by atoms with van der Waals surface area (Å²) < 4.78 is 18.1. The van der Waals surface area contributed by atoms with Crippen LogP contribution in [-0.2, 0) is 16.0 Å². The van der Waals surface area contributed by atoms with E-state index in [4.69, 9.17) is 13.9 Å². The molecule has 158 valence electrons. The number of unbranched alkanes of at least 4 members (excludes halogenated alkanes) is 1. The van der Waals surface area contributed by atoms with E-state index in [1.165, 1.54) is 0 Å². The number of carbonyl (C=O) groups excluding carboxylic acids is 2. The average Bonchev–Trinajstić information content (AvgIpc) is 3.09. The highest BCUT2D eigenvalue weighted by Gasteiger charge is 2.23. The molecule has 2 aromatic carbocycles. The Morgan fingerprint density at radius 1 is 1.07 bits per heavy atom. The van der Waals surface area contributed by atoms with E-state index in [0.29, 0.717) is 23.5 Å². The van der Waals surface area contributed by atoms with E-state index in [1.807, 2.05) is 24.3 Å². The number of esters is 1. The lowest BCUT2D eigenvalue weighted by molar-refractivity contribution is -0.145. The molecule has 0 spiro atoms. The number of hydrogen-bond acceptors (Lipinski definition) is 5. The summed E-state index contributed by atoms with van der Waals surface area (Å²) in [5.41, 5.74) is 1.92. The maximum Gasteiger partial charge on any atom is 0.344 e. The summed E-state index contributed by atoms with van der Waals surface area (Å²) in [5.74, 6) is 0.813. The zero-order chi connectivity index (χ0) is 21.7. The number of benzene rings is 2. The van der Waals surface area contributed by atoms with Crippen LogP contribution < -0.4 is 4.74 Å². The normalized spacial score (nSPS) is 10.9. The first-order chi connectivity index (χ1) is 14.5. The number of fused-ring (bicyclic) bond motifs is 1. The lowest BCUT2D eigenvalue weighted by Crippen LogP contribution is -2.16. The van der Waals surface area contributed by atoms with Crippen LogP contribution >= 0.6 is 45.2 Å². The second-order valence-electron chi connectivity index (χ2n) is 6.69. The number of furan rings is 1. The van der Waals surface area contributed by atoms with Gasteiger partial charge in [-0.05, 0) is 76.7 Å². The monoisotopic (exact) mass is 632 g/mol. The summed E-state index contributed by atoms with van der Waals surface area (Å²) >= 11 is 4.25. The molecule has 3 aromatic rings. The van der Waals surface area contributed by atoms with Gasteiger partial charge in [0.05, 0.1) is 19.3 Å². The maximum absolute atomic E-state index is 13.5. The van der Waals surface area contributed by atoms with Crippen LogP contribution in [0.3, 0.4) is 0 Å². The van der Waals surface area contributed by atoms with Gasteiger partial charge in [-0.3, -0.25) is 4.79 Å². The van der Waals surface area contributed by atoms with Gasteiger partial charge in [0.2, 0.25) is 0 Å². The minimum atomic E-state index is -0.422. The van der Waals surface area contributed by atoms with Crippen molar-refractivity contribution in [1.29, 1.82) is 0 Å². The number of carbonyl (C=O) groups is 2. The van der Waals surface area contributed by atoms with Crippen LogP contribution in [0.1, 0.15) is 48.4 Å². The van der Waals surface area contributed by atoms with Crippen LogP contribution in [0.2, 0.25) is 0 Å². The topological polar surface area (TPSA) is 65.7 Å². The first-order valence-corrected chi connectivity index (χ1v) is 11.9. The summed E-state index contributed by atoms with van der Waals surface area (Å²) in [4.78, 5) is 25.1. The molecule has 0 radical (unpaired) electrons. The fourth-order valence-electron chi connectivity index (χ4n) is 3.17. The van der Waals surface area contributed by atoms with Crippen molar-refractivity contribution in [3.8, 4) is 5.75 Å². The number of para-hydroxylation sites is 1. The second kappa shape index (κ2) is 10.6. The number of hydrogen-bond donors (Lipinski definition) is 0. The predicted octanol–water partition coefficient (Wildman–Crippen LogP) is 6.16. The fourth-order valence-corrected chi connectivity index (χ4v) is 5.24. The molecule has 3 rings (SSSR count). The van der Waals surface area contributed by atoms with Gasteiger partial charge in [-0.15, -0.1) is 0 Å². The summed E-state index contributed by atoms with van der Waals surface area (Å²) in [6, 6.07) is 11.2. The Bertz CT molecular complexity index is 1050. The molecule has 0 aliphatic rings. The molecule has 1 aromatic heterocycles. The lowest BCUT2D eigenvalue weighted by atomic mass is 9.98. The van der Waals surface area contributed by atoms with E-state index in [1.54, 1.807) is 19.1 Å². The quantitative estimate of drug-likeness (QED) is 0.161. The van der Waals surface area contributed by atoms with Crippen LogP contribution in [0.25, 0.3) is 11.0 Å². The van der Waals surface area contributed by atoms with Gasteiger partial charge in [-0.1, -0.05) is 31.5 Å². The molecule has 0 atom stereocenters. The first-order valence-electron chi connectivity index (χ1n) is 9.78. The van der Waals surface area contributed by atoms with Gasteiger partial charge in [0.25, 0.3) is 0 Å². The number of ketones is 1. The van der Waals surface area contributed by atoms with E-state index in [9.17, 15) is 9.59 Å². The minimum absolute atomic E-state index is 0.0705. The second-order valence-corrected chi connectivity index (χ2v) is 9.02. The molecule has 7 heteroatoms. The van der Waals surface area contributed by atoms with Crippen LogP contribution in [0.15, 0.2) is 40.8 Å². The Labute approximate surface area is 202 Å². The summed E-state index contributed by atoms with van der Waals surface area (Å²) in [6.45, 7) is 4.01. The molecule has 0 fully saturated rings. The van der Waals surface area contributed by atoms with E-state index in [-0.39, 0.29) is 12.4 Å². The van der Waals surface area contributed by atoms with E-state index < -0.39 is 5.97 Å². The molecule has 0 bridgehead atoms. The zero-order valence-corrected chi connectivity index (χ0v) is 21.1. The Morgan fingerprint density at radius 3 is 2.43 bits per heavy atom. The van der Waals surface area contributed by atoms with Crippen LogP contribution in [0.4, 0.5) is 0 Å². The zero-order valence-electron chi connectivity index (χ0n) is 16.8. The number of aryl methyl sites for hydroxylation is 1. The third-order valence-electron chi connectivity index (χ3n) is 4.55. The van der Waals surface area contributed by atoms with Crippen molar-refractivity contribution < 1.29 is 23.5 Å². The van der Waals surface area contributed by atoms with Gasteiger partial charge in [0, 0.05) is 17.4 Å². The molecule has 5 nitrogen and oxygen atoms in total. The van der Waals surface area contributed by atoms with Gasteiger partial charge in [-0.25, -0.2) is 4.79 Å². The first kappa shape index (κ1) is 23.1. The standard InChI is InChI=1S/C23H22I2O5/c1-3-5-9-19-21(15-8-6-7-10-18(15)30-19)22(27)14-11-16(24)23(17(25)12-14)29-13-20(26)28-4-2/h6-8,10-12H,3-5,9,13H2,1-2H3. The highest BCUT2D eigenvalue weighted by atomic mass is 127. The van der Waals surface area contributed by atoms with Gasteiger partial charge in [-0.2, -0.15) is 0 Å². The highest BCUT2D eigenvalue weighted by molar-refractivity contribution is 14.1. The number of rotatable bonds is 9. The van der Waals surface area contributed by atoms with Gasteiger partial charge >= 0.3 is 5.97 Å². The molecule has 0 saturated carbocycles. The Balaban J connectivity index is 1.95. The van der Waals surface area contributed by atoms with Crippen molar-refractivity contribution in [1.82, 2.24) is 0 Å². The molecule has 1 heterocycles. The molecule has 30 heavy (non-hydrogen) atoms. The van der Waals surface area contributed by atoms with Crippen molar-refractivity contribution in [3.05, 3.63) is 60.4 Å². The van der Waals surface area contributed by atoms with Crippen molar-refractivity contribution in [3.63, 3.8) is 0 Å². The molecular weight excluding hydrogens is 610 g/mol. The predicted molar refractivity (Wildman–Crippen MR) is 132 cm³/mol. The van der Waals surface area contributed by atoms with Crippen molar-refractivity contribution in [2.24, 2.45) is 0 Å². The molecule has 0 unspecified atom stereocenters. The van der Waals surface area contributed by atoms with Crippen LogP contribution in [-0.4, -0.2) is 25.0 Å². The molecule has 0 aliphatic carbocycles. The summed E-state index contributed by atoms with van der Waals surface area (Å²) in [5, 5.41) is 0.834. The summed E-state index contributed by atoms with van der Waals surface area (Å²) in [7, 11) is 0. The molecule has 0 N–H and O–H groups in total. The van der Waals surface area contributed by atoms with Crippen molar-refractivity contribution >= 4 is 67.9 Å². The highest BCUT2D eigenvalue weighted by Crippen LogP contribution is 2.33. The SMILES string of the molecule is CCCCc1oc2ccccc2c1C(=O)c1cc(I)c(OCC(=O)OCC)c(I)c1. The minimum Gasteiger partial charge on any atom is -0.480 e. The molecule has 0 saturated heterocycles. The smallest absolute Gasteiger partial charge is 0.344 e. The van der Waals surface area contributed by atoms with Gasteiger partial charge < -0.3 is 13.9 Å². The Kier molecular flexibility index (Phi) is 8.15. The van der Waals surface area contributed by atoms with Crippen LogP contribution in [0.5, 0.6) is 5.75 Å². The summed E-state index contributed by atoms with van der Waals surface area (Å²) in [6.07, 6.45) is 2.70. The lowest BCUT2D eigenvalue weighted by Gasteiger charge is -2.12. The number of halogens is 2. The molecular formula is C23H22I2O5. The molecule has 0 amide bonds. The Morgan fingerprint density at radius 2 is 1.77 bits per heavy atom. The fraction of sp³-hybridized carbons (Fsp3) is 0.304. The molecule has 0 aliphatic heterocycles. The van der Waals surface area contributed by atoms with E-state index in [0.717, 1.165) is 43.1 Å². The van der Waals surface area contributed by atoms with Gasteiger partial charge in [0.1, 0.15) is 17.1 Å².